The van der Waals surface area contributed by atoms with Crippen LogP contribution in [-0.4, -0.2) is 21.7 Å². The van der Waals surface area contributed by atoms with Crippen LogP contribution in [0.3, 0.4) is 0 Å². The number of H-pyrrole nitrogens is 1. The van der Waals surface area contributed by atoms with E-state index >= 15 is 0 Å². The quantitative estimate of drug-likeness (QED) is 0.905. The minimum atomic E-state index is 0.201. The van der Waals surface area contributed by atoms with Gasteiger partial charge in [-0.15, -0.1) is 0 Å². The van der Waals surface area contributed by atoms with Crippen molar-refractivity contribution in [1.29, 1.82) is 0 Å². The lowest BCUT2D eigenvalue weighted by atomic mass is 10.2. The van der Waals surface area contributed by atoms with E-state index in [1.165, 1.54) is 0 Å². The summed E-state index contributed by atoms with van der Waals surface area (Å²) < 4.78 is 1.05. The minimum absolute atomic E-state index is 0.201. The molecular formula is C12H13BrN2O. The maximum Gasteiger partial charge on any atom is 0.106 e. The average molecular weight is 281 g/mol. The molecular weight excluding hydrogens is 268 g/mol. The van der Waals surface area contributed by atoms with Gasteiger partial charge in [0.15, 0.2) is 0 Å². The van der Waals surface area contributed by atoms with Crippen molar-refractivity contribution in [1.82, 2.24) is 9.97 Å². The number of aromatic nitrogens is 2. The smallest absolute Gasteiger partial charge is 0.106 e. The minimum Gasteiger partial charge on any atom is -0.396 e. The Morgan fingerprint density at radius 2 is 2.25 bits per heavy atom. The standard InChI is InChI=1S/C12H13BrN2O/c13-10-4-1-3-9(7-10)11-8-14-12(15-11)5-2-6-16/h1,3-4,7-8,16H,2,5-6H2,(H,14,15). The molecule has 2 rings (SSSR count). The van der Waals surface area contributed by atoms with Crippen LogP contribution in [0.2, 0.25) is 0 Å². The molecule has 1 aromatic carbocycles. The molecule has 0 atom stereocenters. The second-order valence-corrected chi connectivity index (χ2v) is 4.50. The Hall–Kier alpha value is -1.13. The molecule has 2 N–H and O–H groups in total. The highest BCUT2D eigenvalue weighted by Gasteiger charge is 2.03. The van der Waals surface area contributed by atoms with Crippen LogP contribution >= 0.6 is 15.9 Å². The van der Waals surface area contributed by atoms with Crippen molar-refractivity contribution in [2.24, 2.45) is 0 Å². The fraction of sp³-hybridized carbons (Fsp3) is 0.250. The van der Waals surface area contributed by atoms with Crippen molar-refractivity contribution in [3.63, 3.8) is 0 Å². The van der Waals surface area contributed by atoms with E-state index < -0.39 is 0 Å². The third kappa shape index (κ3) is 2.71. The van der Waals surface area contributed by atoms with Crippen molar-refractivity contribution >= 4 is 15.9 Å². The molecule has 16 heavy (non-hydrogen) atoms. The summed E-state index contributed by atoms with van der Waals surface area (Å²) in [5, 5.41) is 8.74. The number of nitrogens with zero attached hydrogens (tertiary/aromatic N) is 1. The number of aliphatic hydroxyl groups excluding tert-OH is 1. The summed E-state index contributed by atoms with van der Waals surface area (Å²) in [6, 6.07) is 8.07. The van der Waals surface area contributed by atoms with Gasteiger partial charge in [-0.1, -0.05) is 28.1 Å². The number of nitrogens with one attached hydrogen (secondary N) is 1. The number of aryl methyl sites for hydroxylation is 1. The number of hydrogen-bond donors (Lipinski definition) is 2. The molecule has 2 aromatic rings. The number of rotatable bonds is 4. The highest BCUT2D eigenvalue weighted by molar-refractivity contribution is 9.10. The fourth-order valence-corrected chi connectivity index (χ4v) is 1.94. The second kappa shape index (κ2) is 5.27. The molecule has 3 nitrogen and oxygen atoms in total. The number of halogens is 1. The van der Waals surface area contributed by atoms with E-state index in [4.69, 9.17) is 5.11 Å². The lowest BCUT2D eigenvalue weighted by Crippen LogP contribution is -1.91. The number of benzene rings is 1. The van der Waals surface area contributed by atoms with Gasteiger partial charge in [-0.2, -0.15) is 0 Å². The van der Waals surface area contributed by atoms with Gasteiger partial charge in [0.1, 0.15) is 5.82 Å². The van der Waals surface area contributed by atoms with Crippen LogP contribution in [0.25, 0.3) is 11.3 Å². The van der Waals surface area contributed by atoms with E-state index in [1.54, 1.807) is 0 Å². The van der Waals surface area contributed by atoms with Crippen LogP contribution in [-0.2, 0) is 6.42 Å². The predicted molar refractivity (Wildman–Crippen MR) is 67.1 cm³/mol. The van der Waals surface area contributed by atoms with Crippen LogP contribution in [0.4, 0.5) is 0 Å². The van der Waals surface area contributed by atoms with Gasteiger partial charge in [-0.05, 0) is 18.6 Å². The third-order valence-electron chi connectivity index (χ3n) is 2.34. The van der Waals surface area contributed by atoms with Crippen molar-refractivity contribution < 1.29 is 5.11 Å². The number of imidazole rings is 1. The monoisotopic (exact) mass is 280 g/mol. The summed E-state index contributed by atoms with van der Waals surface area (Å²) in [5.41, 5.74) is 2.12. The molecule has 0 bridgehead atoms. The van der Waals surface area contributed by atoms with Crippen LogP contribution < -0.4 is 0 Å². The first-order valence-electron chi connectivity index (χ1n) is 5.20. The normalized spacial score (nSPS) is 10.6. The van der Waals surface area contributed by atoms with E-state index in [1.807, 2.05) is 30.5 Å². The largest absolute Gasteiger partial charge is 0.396 e. The summed E-state index contributed by atoms with van der Waals surface area (Å²) in [6.07, 6.45) is 3.35. The molecule has 0 radical (unpaired) electrons. The van der Waals surface area contributed by atoms with Crippen molar-refractivity contribution in [3.8, 4) is 11.3 Å². The van der Waals surface area contributed by atoms with Gasteiger partial charge >= 0.3 is 0 Å². The van der Waals surface area contributed by atoms with Gasteiger partial charge < -0.3 is 10.1 Å². The van der Waals surface area contributed by atoms with Crippen molar-refractivity contribution in [2.75, 3.05) is 6.61 Å². The second-order valence-electron chi connectivity index (χ2n) is 3.58. The van der Waals surface area contributed by atoms with Gasteiger partial charge in [0, 0.05) is 23.1 Å². The first-order chi connectivity index (χ1) is 7.79. The van der Waals surface area contributed by atoms with Gasteiger partial charge in [-0.3, -0.25) is 0 Å². The third-order valence-corrected chi connectivity index (χ3v) is 2.83. The molecule has 84 valence electrons. The van der Waals surface area contributed by atoms with Crippen molar-refractivity contribution in [3.05, 3.63) is 40.8 Å². The lowest BCUT2D eigenvalue weighted by molar-refractivity contribution is 0.287. The first kappa shape index (κ1) is 11.4. The van der Waals surface area contributed by atoms with E-state index in [0.29, 0.717) is 0 Å². The SMILES string of the molecule is OCCCc1ncc(-c2cccc(Br)c2)[nH]1. The van der Waals surface area contributed by atoms with Crippen LogP contribution in [0.5, 0.6) is 0 Å². The zero-order valence-electron chi connectivity index (χ0n) is 8.78. The zero-order chi connectivity index (χ0) is 11.4. The van der Waals surface area contributed by atoms with E-state index in [2.05, 4.69) is 25.9 Å². The number of aliphatic hydroxyl groups is 1. The van der Waals surface area contributed by atoms with Gasteiger partial charge in [0.05, 0.1) is 11.9 Å². The Morgan fingerprint density at radius 3 is 3.00 bits per heavy atom. The lowest BCUT2D eigenvalue weighted by Gasteiger charge is -1.98. The summed E-state index contributed by atoms with van der Waals surface area (Å²) in [6.45, 7) is 0.201. The van der Waals surface area contributed by atoms with E-state index in [9.17, 15) is 0 Å². The summed E-state index contributed by atoms with van der Waals surface area (Å²) >= 11 is 3.44. The summed E-state index contributed by atoms with van der Waals surface area (Å²) in [7, 11) is 0. The zero-order valence-corrected chi connectivity index (χ0v) is 10.4. The van der Waals surface area contributed by atoms with E-state index in [-0.39, 0.29) is 6.61 Å². The molecule has 1 heterocycles. The molecule has 1 aromatic heterocycles. The maximum atomic E-state index is 8.74. The number of hydrogen-bond acceptors (Lipinski definition) is 2. The van der Waals surface area contributed by atoms with Crippen LogP contribution in [0.15, 0.2) is 34.9 Å². The Bertz CT molecular complexity index is 468. The molecule has 0 saturated heterocycles. The fourth-order valence-electron chi connectivity index (χ4n) is 1.54. The number of aromatic amines is 1. The summed E-state index contributed by atoms with van der Waals surface area (Å²) in [4.78, 5) is 7.53. The van der Waals surface area contributed by atoms with Gasteiger partial charge in [0.2, 0.25) is 0 Å². The molecule has 0 saturated carbocycles. The Labute approximate surface area is 103 Å². The Balaban J connectivity index is 2.18. The molecule has 4 heteroatoms. The highest BCUT2D eigenvalue weighted by atomic mass is 79.9. The maximum absolute atomic E-state index is 8.74. The van der Waals surface area contributed by atoms with Gasteiger partial charge in [0.25, 0.3) is 0 Å². The Kier molecular flexibility index (Phi) is 3.74. The molecule has 0 aliphatic carbocycles. The van der Waals surface area contributed by atoms with Crippen LogP contribution in [0, 0.1) is 0 Å². The van der Waals surface area contributed by atoms with Crippen molar-refractivity contribution in [2.45, 2.75) is 12.8 Å². The van der Waals surface area contributed by atoms with Crippen LogP contribution in [0.1, 0.15) is 12.2 Å². The topological polar surface area (TPSA) is 48.9 Å². The summed E-state index contributed by atoms with van der Waals surface area (Å²) in [5.74, 6) is 0.920. The average Bonchev–Trinajstić information content (AvgIpc) is 2.75. The van der Waals surface area contributed by atoms with Gasteiger partial charge in [-0.25, -0.2) is 4.98 Å². The highest BCUT2D eigenvalue weighted by Crippen LogP contribution is 2.21. The predicted octanol–water partition coefficient (Wildman–Crippen LogP) is 2.76. The molecule has 0 unspecified atom stereocenters. The molecule has 0 fully saturated rings. The Morgan fingerprint density at radius 1 is 1.38 bits per heavy atom. The molecule has 0 aliphatic rings. The molecule has 0 amide bonds. The molecule has 0 spiro atoms. The van der Waals surface area contributed by atoms with E-state index in [0.717, 1.165) is 34.4 Å². The molecule has 0 aliphatic heterocycles. The first-order valence-corrected chi connectivity index (χ1v) is 5.99.